The monoisotopic (exact) mass is 398 g/mol. The van der Waals surface area contributed by atoms with Crippen LogP contribution in [0.5, 0.6) is 0 Å². The molecule has 0 radical (unpaired) electrons. The van der Waals surface area contributed by atoms with Crippen LogP contribution in [0.1, 0.15) is 24.0 Å². The van der Waals surface area contributed by atoms with E-state index in [0.29, 0.717) is 11.3 Å². The molecule has 8 heteroatoms. The van der Waals surface area contributed by atoms with Crippen molar-refractivity contribution in [3.8, 4) is 6.07 Å². The fraction of sp³-hybridized carbons (Fsp3) is 0.238. The lowest BCUT2D eigenvalue weighted by Gasteiger charge is -2.37. The van der Waals surface area contributed by atoms with Crippen LogP contribution in [-0.2, 0) is 10.9 Å². The predicted molar refractivity (Wildman–Crippen MR) is 101 cm³/mol. The molecular formula is C21H17F3N4O. The van der Waals surface area contributed by atoms with Crippen LogP contribution in [0.4, 0.5) is 18.9 Å². The first-order valence-electron chi connectivity index (χ1n) is 8.94. The molecule has 2 aromatic carbocycles. The van der Waals surface area contributed by atoms with Gasteiger partial charge in [-0.2, -0.15) is 23.5 Å². The number of hydrogen-bond donors (Lipinski definition) is 1. The molecule has 2 N–H and O–H groups in total. The summed E-state index contributed by atoms with van der Waals surface area (Å²) in [4.78, 5) is 0. The van der Waals surface area contributed by atoms with Crippen LogP contribution in [0, 0.1) is 17.2 Å². The van der Waals surface area contributed by atoms with E-state index in [2.05, 4.69) is 11.2 Å². The molecule has 0 saturated carbocycles. The normalized spacial score (nSPS) is 23.9. The fourth-order valence-corrected chi connectivity index (χ4v) is 3.87. The Morgan fingerprint density at radius 3 is 2.34 bits per heavy atom. The SMILES string of the molecule is CC1=NN(c2ccccc2)[C@H]2OC(N)=C(C#N)[C@@H](c3ccc(C(F)(F)F)cc3)[C@@H]12. The Morgan fingerprint density at radius 1 is 1.10 bits per heavy atom. The number of hydrazone groups is 1. The molecule has 0 bridgehead atoms. The number of para-hydroxylation sites is 1. The van der Waals surface area contributed by atoms with E-state index in [-0.39, 0.29) is 17.4 Å². The Morgan fingerprint density at radius 2 is 1.76 bits per heavy atom. The standard InChI is InChI=1S/C21H17F3N4O/c1-12-17-18(13-7-9-14(10-8-13)21(22,23)24)16(11-25)19(26)29-20(17)28(27-12)15-5-3-2-4-6-15/h2-10,17-18,20H,26H2,1H3/t17-,18-,20+/m1/s1. The highest BCUT2D eigenvalue weighted by Gasteiger charge is 2.49. The summed E-state index contributed by atoms with van der Waals surface area (Å²) in [6, 6.07) is 16.2. The molecular weight excluding hydrogens is 381 g/mol. The first-order chi connectivity index (χ1) is 13.8. The molecule has 0 aliphatic carbocycles. The minimum atomic E-state index is -4.43. The molecule has 4 rings (SSSR count). The van der Waals surface area contributed by atoms with Crippen molar-refractivity contribution >= 4 is 11.4 Å². The van der Waals surface area contributed by atoms with Crippen molar-refractivity contribution in [2.75, 3.05) is 5.01 Å². The molecule has 5 nitrogen and oxygen atoms in total. The lowest BCUT2D eigenvalue weighted by Crippen LogP contribution is -2.43. The fourth-order valence-electron chi connectivity index (χ4n) is 3.87. The van der Waals surface area contributed by atoms with Crippen LogP contribution in [-0.4, -0.2) is 11.9 Å². The number of halogens is 3. The van der Waals surface area contributed by atoms with Crippen molar-refractivity contribution < 1.29 is 17.9 Å². The summed E-state index contributed by atoms with van der Waals surface area (Å²) in [6.07, 6.45) is -5.03. The quantitative estimate of drug-likeness (QED) is 0.816. The topological polar surface area (TPSA) is 74.6 Å². The van der Waals surface area contributed by atoms with E-state index in [1.807, 2.05) is 37.3 Å². The summed E-state index contributed by atoms with van der Waals surface area (Å²) in [7, 11) is 0. The average molecular weight is 398 g/mol. The third-order valence-electron chi connectivity index (χ3n) is 5.22. The summed E-state index contributed by atoms with van der Waals surface area (Å²) < 4.78 is 44.7. The first kappa shape index (κ1) is 18.9. The molecule has 29 heavy (non-hydrogen) atoms. The largest absolute Gasteiger partial charge is 0.452 e. The minimum Gasteiger partial charge on any atom is -0.452 e. The van der Waals surface area contributed by atoms with Gasteiger partial charge in [-0.3, -0.25) is 0 Å². The van der Waals surface area contributed by atoms with Gasteiger partial charge in [0.1, 0.15) is 6.07 Å². The maximum absolute atomic E-state index is 13.0. The van der Waals surface area contributed by atoms with Gasteiger partial charge < -0.3 is 10.5 Å². The number of anilines is 1. The number of benzene rings is 2. The third kappa shape index (κ3) is 3.18. The van der Waals surface area contributed by atoms with Gasteiger partial charge in [-0.15, -0.1) is 0 Å². The summed E-state index contributed by atoms with van der Waals surface area (Å²) >= 11 is 0. The summed E-state index contributed by atoms with van der Waals surface area (Å²) in [5.41, 5.74) is 7.54. The predicted octanol–water partition coefficient (Wildman–Crippen LogP) is 4.35. The van der Waals surface area contributed by atoms with Crippen LogP contribution in [0.15, 0.2) is 71.2 Å². The number of hydrogen-bond acceptors (Lipinski definition) is 5. The molecule has 2 heterocycles. The first-order valence-corrected chi connectivity index (χ1v) is 8.94. The van der Waals surface area contributed by atoms with Crippen LogP contribution < -0.4 is 10.7 Å². The Kier molecular flexibility index (Phi) is 4.46. The molecule has 2 aliphatic heterocycles. The van der Waals surface area contributed by atoms with E-state index < -0.39 is 23.9 Å². The Labute approximate surface area is 165 Å². The maximum Gasteiger partial charge on any atom is 0.416 e. The molecule has 3 atom stereocenters. The summed E-state index contributed by atoms with van der Waals surface area (Å²) in [6.45, 7) is 1.82. The highest BCUT2D eigenvalue weighted by atomic mass is 19.4. The Bertz CT molecular complexity index is 1020. The zero-order valence-corrected chi connectivity index (χ0v) is 15.4. The van der Waals surface area contributed by atoms with E-state index in [4.69, 9.17) is 10.5 Å². The number of nitriles is 1. The molecule has 2 aliphatic rings. The van der Waals surface area contributed by atoms with Crippen LogP contribution in [0.3, 0.4) is 0 Å². The zero-order chi connectivity index (χ0) is 20.8. The number of fused-ring (bicyclic) bond motifs is 1. The molecule has 0 aromatic heterocycles. The number of nitrogens with two attached hydrogens (primary N) is 1. The lowest BCUT2D eigenvalue weighted by molar-refractivity contribution is -0.137. The van der Waals surface area contributed by atoms with E-state index in [1.165, 1.54) is 12.1 Å². The second-order valence-corrected chi connectivity index (χ2v) is 6.94. The molecule has 2 aromatic rings. The zero-order valence-electron chi connectivity index (χ0n) is 15.4. The Balaban J connectivity index is 1.78. The molecule has 0 saturated heterocycles. The highest BCUT2D eigenvalue weighted by Crippen LogP contribution is 2.46. The second kappa shape index (κ2) is 6.85. The van der Waals surface area contributed by atoms with Gasteiger partial charge in [0.15, 0.2) is 0 Å². The average Bonchev–Trinajstić information content (AvgIpc) is 3.03. The van der Waals surface area contributed by atoms with Gasteiger partial charge >= 0.3 is 6.18 Å². The maximum atomic E-state index is 13.0. The van der Waals surface area contributed by atoms with Crippen molar-refractivity contribution in [2.24, 2.45) is 16.8 Å². The van der Waals surface area contributed by atoms with Gasteiger partial charge in [0.05, 0.1) is 22.7 Å². The van der Waals surface area contributed by atoms with Crippen molar-refractivity contribution in [2.45, 2.75) is 25.2 Å². The van der Waals surface area contributed by atoms with Crippen molar-refractivity contribution in [1.82, 2.24) is 0 Å². The van der Waals surface area contributed by atoms with Gasteiger partial charge in [0, 0.05) is 11.6 Å². The third-order valence-corrected chi connectivity index (χ3v) is 5.22. The minimum absolute atomic E-state index is 0.0375. The van der Waals surface area contributed by atoms with E-state index in [1.54, 1.807) is 5.01 Å². The van der Waals surface area contributed by atoms with Crippen molar-refractivity contribution in [1.29, 1.82) is 5.26 Å². The molecule has 0 spiro atoms. The number of alkyl halides is 3. The molecule has 0 unspecified atom stereocenters. The second-order valence-electron chi connectivity index (χ2n) is 6.94. The van der Waals surface area contributed by atoms with E-state index >= 15 is 0 Å². The van der Waals surface area contributed by atoms with Crippen molar-refractivity contribution in [3.63, 3.8) is 0 Å². The number of nitrogens with zero attached hydrogens (tertiary/aromatic N) is 3. The van der Waals surface area contributed by atoms with Gasteiger partial charge in [0.25, 0.3) is 0 Å². The molecule has 148 valence electrons. The lowest BCUT2D eigenvalue weighted by atomic mass is 9.76. The highest BCUT2D eigenvalue weighted by molar-refractivity contribution is 5.90. The van der Waals surface area contributed by atoms with E-state index in [0.717, 1.165) is 17.8 Å². The van der Waals surface area contributed by atoms with Gasteiger partial charge in [0.2, 0.25) is 12.1 Å². The van der Waals surface area contributed by atoms with Crippen LogP contribution >= 0.6 is 0 Å². The number of rotatable bonds is 2. The van der Waals surface area contributed by atoms with Crippen LogP contribution in [0.25, 0.3) is 0 Å². The molecule has 0 fully saturated rings. The summed E-state index contributed by atoms with van der Waals surface area (Å²) in [5.74, 6) is -0.961. The van der Waals surface area contributed by atoms with Gasteiger partial charge in [-0.05, 0) is 36.8 Å². The Hall–Kier alpha value is -3.47. The van der Waals surface area contributed by atoms with E-state index in [9.17, 15) is 18.4 Å². The molecule has 0 amide bonds. The summed E-state index contributed by atoms with van der Waals surface area (Å²) in [5, 5.41) is 15.9. The smallest absolute Gasteiger partial charge is 0.416 e. The number of allylic oxidation sites excluding steroid dienone is 1. The van der Waals surface area contributed by atoms with Crippen LogP contribution in [0.2, 0.25) is 0 Å². The van der Waals surface area contributed by atoms with Gasteiger partial charge in [-0.25, -0.2) is 5.01 Å². The van der Waals surface area contributed by atoms with Crippen molar-refractivity contribution in [3.05, 3.63) is 77.2 Å². The van der Waals surface area contributed by atoms with Gasteiger partial charge in [-0.1, -0.05) is 30.3 Å². The number of ether oxygens (including phenoxy) is 1.